The molecular formula is C10H10BrN3O2. The molecule has 0 rings (SSSR count). The van der Waals surface area contributed by atoms with E-state index < -0.39 is 11.3 Å². The molecule has 0 heterocycles. The van der Waals surface area contributed by atoms with Gasteiger partial charge in [-0.3, -0.25) is 9.59 Å². The van der Waals surface area contributed by atoms with Crippen molar-refractivity contribution in [2.45, 2.75) is 25.3 Å². The van der Waals surface area contributed by atoms with Gasteiger partial charge in [-0.05, 0) is 11.9 Å². The van der Waals surface area contributed by atoms with Gasteiger partial charge in [-0.1, -0.05) is 22.0 Å². The average molecular weight is 284 g/mol. The predicted molar refractivity (Wildman–Crippen MR) is 62.0 cm³/mol. The van der Waals surface area contributed by atoms with Gasteiger partial charge in [0.1, 0.15) is 5.78 Å². The highest BCUT2D eigenvalue weighted by molar-refractivity contribution is 9.11. The fraction of sp³-hybridized carbons (Fsp3) is 0.400. The fourth-order valence-electron chi connectivity index (χ4n) is 1.22. The highest BCUT2D eigenvalue weighted by Gasteiger charge is 2.46. The summed E-state index contributed by atoms with van der Waals surface area (Å²) in [6.45, 7) is 8.35. The van der Waals surface area contributed by atoms with Gasteiger partial charge in [0.2, 0.25) is 0 Å². The fourth-order valence-corrected chi connectivity index (χ4v) is 1.41. The van der Waals surface area contributed by atoms with Crippen LogP contribution in [-0.4, -0.2) is 28.1 Å². The van der Waals surface area contributed by atoms with E-state index in [1.165, 1.54) is 11.9 Å². The van der Waals surface area contributed by atoms with E-state index in [2.05, 4.69) is 25.6 Å². The van der Waals surface area contributed by atoms with Crippen molar-refractivity contribution in [1.82, 2.24) is 0 Å². The van der Waals surface area contributed by atoms with E-state index in [-0.39, 0.29) is 18.6 Å². The number of carbonyl (C=O) groups is 2. The molecule has 0 bridgehead atoms. The molecule has 0 saturated carbocycles. The topological polar surface area (TPSA) is 74.9 Å². The molecule has 0 saturated heterocycles. The lowest BCUT2D eigenvalue weighted by Gasteiger charge is -2.13. The van der Waals surface area contributed by atoms with Crippen molar-refractivity contribution in [1.29, 1.82) is 0 Å². The van der Waals surface area contributed by atoms with E-state index in [1.54, 1.807) is 6.08 Å². The van der Waals surface area contributed by atoms with Crippen molar-refractivity contribution in [3.63, 3.8) is 0 Å². The second-order valence-corrected chi connectivity index (χ2v) is 3.73. The third kappa shape index (κ3) is 3.89. The maximum atomic E-state index is 11.6. The largest absolute Gasteiger partial charge is 0.361 e. The Hall–Kier alpha value is -1.57. The summed E-state index contributed by atoms with van der Waals surface area (Å²) in [7, 11) is 0. The number of hydrogen-bond donors (Lipinski definition) is 0. The number of halogens is 1. The SMILES string of the molecule is [C-]#[N+][C@](CC=CBr)(CC(C)=O)C(=O)C=[N+]=[N-]. The summed E-state index contributed by atoms with van der Waals surface area (Å²) in [4.78, 5) is 30.0. The zero-order valence-electron chi connectivity index (χ0n) is 8.68. The van der Waals surface area contributed by atoms with Crippen molar-refractivity contribution in [2.24, 2.45) is 0 Å². The van der Waals surface area contributed by atoms with Crippen molar-refractivity contribution >= 4 is 33.7 Å². The van der Waals surface area contributed by atoms with Gasteiger partial charge in [0, 0.05) is 0 Å². The van der Waals surface area contributed by atoms with Crippen molar-refractivity contribution in [3.05, 3.63) is 28.0 Å². The Labute approximate surface area is 102 Å². The Morgan fingerprint density at radius 2 is 2.19 bits per heavy atom. The summed E-state index contributed by atoms with van der Waals surface area (Å²) < 4.78 is 0. The molecule has 0 N–H and O–H groups in total. The molecule has 0 aromatic rings. The molecule has 6 heteroatoms. The molecule has 0 aliphatic carbocycles. The van der Waals surface area contributed by atoms with Crippen LogP contribution in [0.4, 0.5) is 0 Å². The van der Waals surface area contributed by atoms with Gasteiger partial charge < -0.3 is 10.4 Å². The second kappa shape index (κ2) is 6.83. The Bertz CT molecular complexity index is 405. The van der Waals surface area contributed by atoms with Crippen LogP contribution in [0.15, 0.2) is 11.1 Å². The first-order valence-corrected chi connectivity index (χ1v) is 5.29. The maximum absolute atomic E-state index is 11.6. The molecule has 0 spiro atoms. The van der Waals surface area contributed by atoms with Crippen LogP contribution in [0.25, 0.3) is 10.4 Å². The minimum Gasteiger partial charge on any atom is -0.361 e. The molecule has 5 nitrogen and oxygen atoms in total. The normalized spacial score (nSPS) is 13.6. The van der Waals surface area contributed by atoms with Gasteiger partial charge in [-0.25, -0.2) is 6.57 Å². The number of carbonyl (C=O) groups excluding carboxylic acids is 2. The predicted octanol–water partition coefficient (Wildman–Crippen LogP) is 1.79. The highest BCUT2D eigenvalue weighted by Crippen LogP contribution is 2.23. The summed E-state index contributed by atoms with van der Waals surface area (Å²) in [5.74, 6) is -0.940. The zero-order chi connectivity index (χ0) is 12.6. The molecule has 0 aromatic heterocycles. The second-order valence-electron chi connectivity index (χ2n) is 3.20. The molecule has 0 radical (unpaired) electrons. The van der Waals surface area contributed by atoms with Gasteiger partial charge in [-0.15, -0.1) is 0 Å². The molecule has 0 unspecified atom stereocenters. The number of hydrogen-bond acceptors (Lipinski definition) is 2. The minimum atomic E-state index is -1.50. The van der Waals surface area contributed by atoms with Crippen LogP contribution < -0.4 is 0 Å². The first-order chi connectivity index (χ1) is 7.52. The lowest BCUT2D eigenvalue weighted by molar-refractivity contribution is -0.124. The van der Waals surface area contributed by atoms with E-state index in [0.717, 1.165) is 0 Å². The third-order valence-corrected chi connectivity index (χ3v) is 2.31. The molecule has 16 heavy (non-hydrogen) atoms. The lowest BCUT2D eigenvalue weighted by Crippen LogP contribution is -2.37. The Morgan fingerprint density at radius 3 is 2.56 bits per heavy atom. The number of nitrogens with zero attached hydrogens (tertiary/aromatic N) is 3. The van der Waals surface area contributed by atoms with Gasteiger partial charge >= 0.3 is 17.5 Å². The van der Waals surface area contributed by atoms with E-state index in [9.17, 15) is 9.59 Å². The molecule has 0 aliphatic rings. The molecular weight excluding hydrogens is 274 g/mol. The molecule has 84 valence electrons. The zero-order valence-corrected chi connectivity index (χ0v) is 10.3. The minimum absolute atomic E-state index is 0.0895. The number of rotatable bonds is 6. The van der Waals surface area contributed by atoms with Crippen LogP contribution in [0.2, 0.25) is 0 Å². The maximum Gasteiger partial charge on any atom is 0.331 e. The summed E-state index contributed by atoms with van der Waals surface area (Å²) in [5.41, 5.74) is 6.79. The van der Waals surface area contributed by atoms with Crippen LogP contribution in [-0.2, 0) is 9.59 Å². The number of Topliss-reactive ketones (excluding diaryl/α,β-unsaturated/α-hetero) is 2. The Morgan fingerprint density at radius 1 is 1.56 bits per heavy atom. The van der Waals surface area contributed by atoms with Crippen molar-refractivity contribution in [3.8, 4) is 0 Å². The highest BCUT2D eigenvalue weighted by atomic mass is 79.9. The first-order valence-electron chi connectivity index (χ1n) is 4.37. The van der Waals surface area contributed by atoms with E-state index in [0.29, 0.717) is 6.21 Å². The third-order valence-electron chi connectivity index (χ3n) is 1.93. The quantitative estimate of drug-likeness (QED) is 0.323. The van der Waals surface area contributed by atoms with Crippen LogP contribution in [0.5, 0.6) is 0 Å². The van der Waals surface area contributed by atoms with Crippen LogP contribution >= 0.6 is 15.9 Å². The Kier molecular flexibility index (Phi) is 6.16. The number of ketones is 2. The summed E-state index contributed by atoms with van der Waals surface area (Å²) >= 11 is 3.02. The van der Waals surface area contributed by atoms with E-state index >= 15 is 0 Å². The van der Waals surface area contributed by atoms with Gasteiger partial charge in [0.05, 0.1) is 12.8 Å². The van der Waals surface area contributed by atoms with E-state index in [1.807, 2.05) is 0 Å². The monoisotopic (exact) mass is 283 g/mol. The molecule has 0 aromatic carbocycles. The van der Waals surface area contributed by atoms with Crippen molar-refractivity contribution in [2.75, 3.05) is 0 Å². The smallest absolute Gasteiger partial charge is 0.331 e. The van der Waals surface area contributed by atoms with Crippen LogP contribution in [0, 0.1) is 6.57 Å². The van der Waals surface area contributed by atoms with Gasteiger partial charge in [0.25, 0.3) is 0 Å². The summed E-state index contributed by atoms with van der Waals surface area (Å²) in [6.07, 6.45) is 2.11. The van der Waals surface area contributed by atoms with Crippen LogP contribution in [0.1, 0.15) is 19.8 Å². The standard InChI is InChI=1S/C10H10BrN3O2/c1-8(15)6-10(13-2,4-3-5-11)9(16)7-14-12/h3,5,7H,4,6H2,1H3/t10-/m1/s1. The molecule has 0 fully saturated rings. The van der Waals surface area contributed by atoms with Gasteiger partial charge in [-0.2, -0.15) is 4.79 Å². The molecule has 0 aliphatic heterocycles. The van der Waals surface area contributed by atoms with Gasteiger partial charge in [0.15, 0.2) is 0 Å². The molecule has 1 atom stereocenters. The van der Waals surface area contributed by atoms with E-state index in [4.69, 9.17) is 12.1 Å². The molecule has 0 amide bonds. The van der Waals surface area contributed by atoms with Crippen molar-refractivity contribution < 1.29 is 14.4 Å². The Balaban J connectivity index is 5.27. The summed E-state index contributed by atoms with van der Waals surface area (Å²) in [6, 6.07) is 0. The van der Waals surface area contributed by atoms with Crippen LogP contribution in [0.3, 0.4) is 0 Å². The average Bonchev–Trinajstić information content (AvgIpc) is 2.24. The summed E-state index contributed by atoms with van der Waals surface area (Å²) in [5, 5.41) is 0. The lowest BCUT2D eigenvalue weighted by atomic mass is 9.86. The first kappa shape index (κ1) is 14.4.